The number of rotatable bonds is 1. The van der Waals surface area contributed by atoms with Crippen LogP contribution in [0.3, 0.4) is 0 Å². The van der Waals surface area contributed by atoms with E-state index in [2.05, 4.69) is 41.7 Å². The van der Waals surface area contributed by atoms with Gasteiger partial charge in [0.25, 0.3) is 0 Å². The van der Waals surface area contributed by atoms with Gasteiger partial charge in [-0.1, -0.05) is 20.8 Å². The molecule has 0 aromatic carbocycles. The number of halogens is 1. The minimum atomic E-state index is 0.193. The Morgan fingerprint density at radius 3 is 2.69 bits per heavy atom. The van der Waals surface area contributed by atoms with Crippen LogP contribution in [0.15, 0.2) is 22.8 Å². The van der Waals surface area contributed by atoms with Gasteiger partial charge in [0.2, 0.25) is 0 Å². The fraction of sp³-hybridized carbons (Fsp3) is 0.417. The molecule has 2 aromatic heterocycles. The molecule has 2 heterocycles. The Bertz CT molecular complexity index is 523. The van der Waals surface area contributed by atoms with E-state index in [1.807, 2.05) is 22.7 Å². The van der Waals surface area contributed by atoms with E-state index in [4.69, 9.17) is 5.73 Å². The zero-order chi connectivity index (χ0) is 11.9. The summed E-state index contributed by atoms with van der Waals surface area (Å²) in [7, 11) is 0. The van der Waals surface area contributed by atoms with Crippen molar-refractivity contribution in [3.63, 3.8) is 0 Å². The number of nitrogen functional groups attached to an aromatic ring is 1. The van der Waals surface area contributed by atoms with Crippen molar-refractivity contribution < 1.29 is 0 Å². The largest absolute Gasteiger partial charge is 0.383 e. The highest BCUT2D eigenvalue weighted by atomic mass is 79.9. The predicted molar refractivity (Wildman–Crippen MR) is 70.5 cm³/mol. The molecular formula is C12H16BrN3. The number of imidazole rings is 1. The molecule has 0 radical (unpaired) electrons. The molecule has 2 aromatic rings. The lowest BCUT2D eigenvalue weighted by atomic mass is 9.90. The Hall–Kier alpha value is -1.03. The molecule has 16 heavy (non-hydrogen) atoms. The van der Waals surface area contributed by atoms with Crippen molar-refractivity contribution >= 4 is 27.4 Å². The molecule has 4 heteroatoms. The number of nitrogens with zero attached hydrogens (tertiary/aromatic N) is 2. The van der Waals surface area contributed by atoms with Gasteiger partial charge in [0.05, 0.1) is 10.2 Å². The number of nitrogens with two attached hydrogens (primary N) is 1. The number of pyridine rings is 1. The molecule has 0 fully saturated rings. The Balaban J connectivity index is 2.56. The summed E-state index contributed by atoms with van der Waals surface area (Å²) < 4.78 is 2.90. The molecule has 0 bridgehead atoms. The van der Waals surface area contributed by atoms with Crippen molar-refractivity contribution in [1.29, 1.82) is 0 Å². The van der Waals surface area contributed by atoms with E-state index in [1.165, 1.54) is 0 Å². The fourth-order valence-corrected chi connectivity index (χ4v) is 2.16. The van der Waals surface area contributed by atoms with Crippen molar-refractivity contribution in [1.82, 2.24) is 9.38 Å². The van der Waals surface area contributed by atoms with E-state index in [0.29, 0.717) is 0 Å². The first-order valence-corrected chi connectivity index (χ1v) is 6.09. The maximum atomic E-state index is 6.09. The second-order valence-corrected chi connectivity index (χ2v) is 6.09. The van der Waals surface area contributed by atoms with Gasteiger partial charge >= 0.3 is 0 Å². The van der Waals surface area contributed by atoms with Crippen molar-refractivity contribution in [3.05, 3.63) is 28.5 Å². The van der Waals surface area contributed by atoms with Gasteiger partial charge in [-0.05, 0) is 39.9 Å². The molecule has 0 atom stereocenters. The average Bonchev–Trinajstić information content (AvgIpc) is 2.44. The first kappa shape index (κ1) is 11.5. The predicted octanol–water partition coefficient (Wildman–Crippen LogP) is 3.27. The van der Waals surface area contributed by atoms with Gasteiger partial charge in [-0.15, -0.1) is 0 Å². The maximum absolute atomic E-state index is 6.09. The van der Waals surface area contributed by atoms with Crippen LogP contribution in [0.5, 0.6) is 0 Å². The average molecular weight is 282 g/mol. The van der Waals surface area contributed by atoms with E-state index in [1.54, 1.807) is 0 Å². The van der Waals surface area contributed by atoms with E-state index in [-0.39, 0.29) is 5.41 Å². The van der Waals surface area contributed by atoms with Crippen molar-refractivity contribution in [2.75, 3.05) is 5.73 Å². The van der Waals surface area contributed by atoms with Crippen molar-refractivity contribution in [3.8, 4) is 0 Å². The van der Waals surface area contributed by atoms with Gasteiger partial charge in [0.1, 0.15) is 5.82 Å². The monoisotopic (exact) mass is 281 g/mol. The Labute approximate surface area is 104 Å². The maximum Gasteiger partial charge on any atom is 0.153 e. The molecule has 0 aliphatic carbocycles. The number of fused-ring (bicyclic) bond motifs is 1. The Morgan fingerprint density at radius 2 is 2.12 bits per heavy atom. The molecule has 0 saturated heterocycles. The third kappa shape index (κ3) is 2.07. The summed E-state index contributed by atoms with van der Waals surface area (Å²) in [6.07, 6.45) is 2.82. The zero-order valence-electron chi connectivity index (χ0n) is 9.79. The summed E-state index contributed by atoms with van der Waals surface area (Å²) >= 11 is 3.49. The molecule has 86 valence electrons. The van der Waals surface area contributed by atoms with Gasteiger partial charge in [0.15, 0.2) is 5.65 Å². The molecule has 0 amide bonds. The van der Waals surface area contributed by atoms with Gasteiger partial charge in [-0.25, -0.2) is 4.98 Å². The van der Waals surface area contributed by atoms with E-state index >= 15 is 0 Å². The van der Waals surface area contributed by atoms with Crippen LogP contribution in [0, 0.1) is 5.41 Å². The third-order valence-corrected chi connectivity index (χ3v) is 3.03. The van der Waals surface area contributed by atoms with Gasteiger partial charge in [-0.2, -0.15) is 0 Å². The van der Waals surface area contributed by atoms with Crippen LogP contribution in [-0.2, 0) is 6.42 Å². The topological polar surface area (TPSA) is 43.3 Å². The van der Waals surface area contributed by atoms with E-state index in [9.17, 15) is 0 Å². The molecule has 0 aliphatic heterocycles. The van der Waals surface area contributed by atoms with Gasteiger partial charge < -0.3 is 5.73 Å². The third-order valence-electron chi connectivity index (χ3n) is 2.41. The zero-order valence-corrected chi connectivity index (χ0v) is 11.4. The molecule has 0 unspecified atom stereocenters. The number of anilines is 1. The summed E-state index contributed by atoms with van der Waals surface area (Å²) in [5, 5.41) is 0. The molecular weight excluding hydrogens is 266 g/mol. The van der Waals surface area contributed by atoms with Gasteiger partial charge in [-0.3, -0.25) is 4.40 Å². The SMILES string of the molecule is CC(C)(C)Cc1nc2c(Br)cccn2c1N. The van der Waals surface area contributed by atoms with Crippen LogP contribution in [0.1, 0.15) is 26.5 Å². The van der Waals surface area contributed by atoms with Crippen LogP contribution < -0.4 is 5.73 Å². The van der Waals surface area contributed by atoms with Crippen LogP contribution >= 0.6 is 15.9 Å². The minimum Gasteiger partial charge on any atom is -0.383 e. The highest BCUT2D eigenvalue weighted by Gasteiger charge is 2.18. The lowest BCUT2D eigenvalue weighted by molar-refractivity contribution is 0.408. The smallest absolute Gasteiger partial charge is 0.153 e. The van der Waals surface area contributed by atoms with Crippen molar-refractivity contribution in [2.45, 2.75) is 27.2 Å². The van der Waals surface area contributed by atoms with Crippen molar-refractivity contribution in [2.24, 2.45) is 5.41 Å². The molecule has 2 rings (SSSR count). The molecule has 0 spiro atoms. The second kappa shape index (κ2) is 3.77. The summed E-state index contributed by atoms with van der Waals surface area (Å²) in [4.78, 5) is 4.59. The quantitative estimate of drug-likeness (QED) is 0.872. The van der Waals surface area contributed by atoms with Crippen LogP contribution in [0.4, 0.5) is 5.82 Å². The Kier molecular flexibility index (Phi) is 2.70. The van der Waals surface area contributed by atoms with Crippen LogP contribution in [0.2, 0.25) is 0 Å². The fourth-order valence-electron chi connectivity index (χ4n) is 1.73. The summed E-state index contributed by atoms with van der Waals surface area (Å²) in [5.41, 5.74) is 8.15. The summed E-state index contributed by atoms with van der Waals surface area (Å²) in [5.74, 6) is 0.742. The van der Waals surface area contributed by atoms with Crippen LogP contribution in [0.25, 0.3) is 5.65 Å². The molecule has 2 N–H and O–H groups in total. The Morgan fingerprint density at radius 1 is 1.44 bits per heavy atom. The molecule has 0 aliphatic rings. The van der Waals surface area contributed by atoms with E-state index in [0.717, 1.165) is 28.1 Å². The summed E-state index contributed by atoms with van der Waals surface area (Å²) in [6, 6.07) is 3.93. The number of aromatic nitrogens is 2. The van der Waals surface area contributed by atoms with Gasteiger partial charge in [0, 0.05) is 6.20 Å². The normalized spacial score (nSPS) is 12.2. The van der Waals surface area contributed by atoms with Crippen LogP contribution in [-0.4, -0.2) is 9.38 Å². The molecule has 0 saturated carbocycles. The minimum absolute atomic E-state index is 0.193. The second-order valence-electron chi connectivity index (χ2n) is 5.23. The number of hydrogen-bond acceptors (Lipinski definition) is 2. The lowest BCUT2D eigenvalue weighted by Crippen LogP contribution is -2.11. The number of hydrogen-bond donors (Lipinski definition) is 1. The summed E-state index contributed by atoms with van der Waals surface area (Å²) in [6.45, 7) is 6.56. The first-order valence-electron chi connectivity index (χ1n) is 5.29. The highest BCUT2D eigenvalue weighted by molar-refractivity contribution is 9.10. The highest BCUT2D eigenvalue weighted by Crippen LogP contribution is 2.27. The lowest BCUT2D eigenvalue weighted by Gasteiger charge is -2.16. The standard InChI is InChI=1S/C12H16BrN3/c1-12(2,3)7-9-10(14)16-6-4-5-8(13)11(16)15-9/h4-6H,7,14H2,1-3H3. The molecule has 3 nitrogen and oxygen atoms in total. The first-order chi connectivity index (χ1) is 7.38. The van der Waals surface area contributed by atoms with E-state index < -0.39 is 0 Å².